The van der Waals surface area contributed by atoms with E-state index in [4.69, 9.17) is 22.1 Å². The fourth-order valence-electron chi connectivity index (χ4n) is 2.32. The summed E-state index contributed by atoms with van der Waals surface area (Å²) in [5.41, 5.74) is 2.64. The highest BCUT2D eigenvalue weighted by molar-refractivity contribution is 7.80. The van der Waals surface area contributed by atoms with Crippen LogP contribution in [0.25, 0.3) is 0 Å². The first kappa shape index (κ1) is 18.4. The second kappa shape index (κ2) is 7.76. The van der Waals surface area contributed by atoms with E-state index in [0.29, 0.717) is 17.0 Å². The quantitative estimate of drug-likeness (QED) is 0.728. The van der Waals surface area contributed by atoms with E-state index in [1.165, 1.54) is 19.2 Å². The number of anilines is 1. The van der Waals surface area contributed by atoms with E-state index in [0.717, 1.165) is 11.1 Å². The molecule has 0 radical (unpaired) electrons. The molecule has 0 unspecified atom stereocenters. The van der Waals surface area contributed by atoms with Crippen LogP contribution in [0, 0.1) is 13.8 Å². The van der Waals surface area contributed by atoms with E-state index in [-0.39, 0.29) is 10.7 Å². The number of aromatic carboxylic acids is 1. The van der Waals surface area contributed by atoms with E-state index in [1.54, 1.807) is 18.2 Å². The van der Waals surface area contributed by atoms with Crippen molar-refractivity contribution < 1.29 is 19.4 Å². The molecule has 0 aliphatic heterocycles. The van der Waals surface area contributed by atoms with Crippen LogP contribution < -0.4 is 15.4 Å². The Balaban J connectivity index is 2.16. The van der Waals surface area contributed by atoms with Gasteiger partial charge in [0.15, 0.2) is 5.11 Å². The number of aryl methyl sites for hydroxylation is 2. The lowest BCUT2D eigenvalue weighted by molar-refractivity contribution is 0.0696. The van der Waals surface area contributed by atoms with Crippen molar-refractivity contribution in [1.29, 1.82) is 0 Å². The summed E-state index contributed by atoms with van der Waals surface area (Å²) in [6, 6.07) is 9.86. The van der Waals surface area contributed by atoms with Crippen molar-refractivity contribution in [3.8, 4) is 5.75 Å². The number of benzene rings is 2. The smallest absolute Gasteiger partial charge is 0.335 e. The molecule has 3 N–H and O–H groups in total. The number of ether oxygens (including phenoxy) is 1. The third-order valence-corrected chi connectivity index (χ3v) is 3.82. The molecule has 0 heterocycles. The molecule has 25 heavy (non-hydrogen) atoms. The Bertz CT molecular complexity index is 849. The zero-order valence-electron chi connectivity index (χ0n) is 14.0. The number of carboxylic acids is 1. The molecule has 0 aromatic heterocycles. The van der Waals surface area contributed by atoms with Gasteiger partial charge in [0.2, 0.25) is 0 Å². The molecule has 130 valence electrons. The minimum Gasteiger partial charge on any atom is -0.496 e. The SMILES string of the molecule is COc1c(C)cccc1C(=O)NC(=S)Nc1cc(C(=O)O)ccc1C. The van der Waals surface area contributed by atoms with Crippen molar-refractivity contribution in [2.45, 2.75) is 13.8 Å². The molecular formula is C18H18N2O4S. The van der Waals surface area contributed by atoms with Gasteiger partial charge in [0.25, 0.3) is 5.91 Å². The first-order chi connectivity index (χ1) is 11.8. The predicted molar refractivity (Wildman–Crippen MR) is 99.6 cm³/mol. The molecule has 7 heteroatoms. The number of hydrogen-bond donors (Lipinski definition) is 3. The molecular weight excluding hydrogens is 340 g/mol. The Labute approximate surface area is 150 Å². The van der Waals surface area contributed by atoms with Gasteiger partial charge in [-0.25, -0.2) is 4.79 Å². The molecule has 0 bridgehead atoms. The van der Waals surface area contributed by atoms with Crippen molar-refractivity contribution in [3.63, 3.8) is 0 Å². The molecule has 0 aliphatic rings. The summed E-state index contributed by atoms with van der Waals surface area (Å²) in [4.78, 5) is 23.5. The maximum absolute atomic E-state index is 12.4. The van der Waals surface area contributed by atoms with E-state index in [1.807, 2.05) is 19.9 Å². The Morgan fingerprint density at radius 2 is 1.84 bits per heavy atom. The number of para-hydroxylation sites is 1. The maximum Gasteiger partial charge on any atom is 0.335 e. The van der Waals surface area contributed by atoms with Gasteiger partial charge in [0.1, 0.15) is 5.75 Å². The summed E-state index contributed by atoms with van der Waals surface area (Å²) in [5, 5.41) is 14.6. The first-order valence-electron chi connectivity index (χ1n) is 7.43. The molecule has 0 spiro atoms. The summed E-state index contributed by atoms with van der Waals surface area (Å²) in [7, 11) is 1.50. The number of nitrogens with one attached hydrogen (secondary N) is 2. The largest absolute Gasteiger partial charge is 0.496 e. The third-order valence-electron chi connectivity index (χ3n) is 3.62. The first-order valence-corrected chi connectivity index (χ1v) is 7.84. The van der Waals surface area contributed by atoms with E-state index in [2.05, 4.69) is 10.6 Å². The van der Waals surface area contributed by atoms with Crippen LogP contribution in [0.4, 0.5) is 5.69 Å². The van der Waals surface area contributed by atoms with E-state index in [9.17, 15) is 9.59 Å². The van der Waals surface area contributed by atoms with E-state index < -0.39 is 11.9 Å². The number of carbonyl (C=O) groups is 2. The lowest BCUT2D eigenvalue weighted by Crippen LogP contribution is -2.34. The Morgan fingerprint density at radius 1 is 1.12 bits per heavy atom. The van der Waals surface area contributed by atoms with Crippen LogP contribution in [0.3, 0.4) is 0 Å². The monoisotopic (exact) mass is 358 g/mol. The fourth-order valence-corrected chi connectivity index (χ4v) is 2.52. The zero-order valence-corrected chi connectivity index (χ0v) is 14.9. The van der Waals surface area contributed by atoms with Gasteiger partial charge in [0, 0.05) is 5.69 Å². The van der Waals surface area contributed by atoms with E-state index >= 15 is 0 Å². The van der Waals surface area contributed by atoms with Crippen LogP contribution in [-0.4, -0.2) is 29.2 Å². The number of hydrogen-bond acceptors (Lipinski definition) is 4. The molecule has 0 fully saturated rings. The summed E-state index contributed by atoms with van der Waals surface area (Å²) >= 11 is 5.16. The van der Waals surface area contributed by atoms with Gasteiger partial charge in [0.05, 0.1) is 18.2 Å². The highest BCUT2D eigenvalue weighted by Crippen LogP contribution is 2.23. The van der Waals surface area contributed by atoms with Gasteiger partial charge in [-0.2, -0.15) is 0 Å². The van der Waals surface area contributed by atoms with Gasteiger partial charge >= 0.3 is 5.97 Å². The standard InChI is InChI=1S/C18H18N2O4S/c1-10-7-8-12(17(22)23)9-14(10)19-18(25)20-16(21)13-6-4-5-11(2)15(13)24-3/h4-9H,1-3H3,(H,22,23)(H2,19,20,21,25). The molecule has 0 aliphatic carbocycles. The average Bonchev–Trinajstić information content (AvgIpc) is 2.56. The van der Waals surface area contributed by atoms with Crippen LogP contribution in [-0.2, 0) is 0 Å². The van der Waals surface area contributed by atoms with Gasteiger partial charge in [-0.05, 0) is 55.4 Å². The molecule has 6 nitrogen and oxygen atoms in total. The molecule has 2 rings (SSSR count). The summed E-state index contributed by atoms with van der Waals surface area (Å²) in [6.07, 6.45) is 0. The minimum atomic E-state index is -1.04. The number of thiocarbonyl (C=S) groups is 1. The predicted octanol–water partition coefficient (Wildman–Crippen LogP) is 3.14. The molecule has 0 atom stereocenters. The van der Waals surface area contributed by atoms with Gasteiger partial charge in [-0.1, -0.05) is 18.2 Å². The van der Waals surface area contributed by atoms with Crippen molar-refractivity contribution in [3.05, 3.63) is 58.7 Å². The summed E-state index contributed by atoms with van der Waals surface area (Å²) in [6.45, 7) is 3.65. The number of carbonyl (C=O) groups excluding carboxylic acids is 1. The topological polar surface area (TPSA) is 87.7 Å². The number of amides is 1. The fraction of sp³-hybridized carbons (Fsp3) is 0.167. The molecule has 2 aromatic rings. The van der Waals surface area contributed by atoms with Crippen LogP contribution in [0.1, 0.15) is 31.8 Å². The van der Waals surface area contributed by atoms with Gasteiger partial charge < -0.3 is 15.2 Å². The highest BCUT2D eigenvalue weighted by atomic mass is 32.1. The highest BCUT2D eigenvalue weighted by Gasteiger charge is 2.15. The van der Waals surface area contributed by atoms with Crippen LogP contribution in [0.15, 0.2) is 36.4 Å². The third kappa shape index (κ3) is 4.33. The molecule has 2 aromatic carbocycles. The van der Waals surface area contributed by atoms with Crippen LogP contribution in [0.2, 0.25) is 0 Å². The summed E-state index contributed by atoms with van der Waals surface area (Å²) < 4.78 is 5.27. The normalized spacial score (nSPS) is 10.0. The van der Waals surface area contributed by atoms with Crippen molar-refractivity contribution in [1.82, 2.24) is 5.32 Å². The summed E-state index contributed by atoms with van der Waals surface area (Å²) in [5.74, 6) is -0.973. The minimum absolute atomic E-state index is 0.0687. The maximum atomic E-state index is 12.4. The lowest BCUT2D eigenvalue weighted by atomic mass is 10.1. The van der Waals surface area contributed by atoms with Crippen LogP contribution in [0.5, 0.6) is 5.75 Å². The zero-order chi connectivity index (χ0) is 18.6. The van der Waals surface area contributed by atoms with Crippen LogP contribution >= 0.6 is 12.2 Å². The molecule has 1 amide bonds. The van der Waals surface area contributed by atoms with Gasteiger partial charge in [-0.15, -0.1) is 0 Å². The number of carboxylic acid groups (broad SMARTS) is 1. The van der Waals surface area contributed by atoms with Crippen molar-refractivity contribution in [2.75, 3.05) is 12.4 Å². The number of methoxy groups -OCH3 is 1. The van der Waals surface area contributed by atoms with Gasteiger partial charge in [-0.3, -0.25) is 10.1 Å². The Morgan fingerprint density at radius 3 is 2.48 bits per heavy atom. The molecule has 0 saturated heterocycles. The second-order valence-electron chi connectivity index (χ2n) is 5.40. The lowest BCUT2D eigenvalue weighted by Gasteiger charge is -2.14. The number of rotatable bonds is 4. The Kier molecular flexibility index (Phi) is 5.71. The average molecular weight is 358 g/mol. The van der Waals surface area contributed by atoms with Crippen molar-refractivity contribution in [2.24, 2.45) is 0 Å². The molecule has 0 saturated carbocycles. The van der Waals surface area contributed by atoms with Crippen molar-refractivity contribution >= 4 is 34.9 Å². The Hall–Kier alpha value is -2.93. The second-order valence-corrected chi connectivity index (χ2v) is 5.81.